The SMILES string of the molecule is Cc1cc(C)c(C(=O)c2c(C)c(C)cc(C)c2C)c(C)c1C. The van der Waals surface area contributed by atoms with Gasteiger partial charge in [0.2, 0.25) is 0 Å². The highest BCUT2D eigenvalue weighted by atomic mass is 16.1. The van der Waals surface area contributed by atoms with E-state index in [1.54, 1.807) is 0 Å². The van der Waals surface area contributed by atoms with E-state index in [4.69, 9.17) is 0 Å². The second-order valence-electron chi connectivity index (χ2n) is 6.60. The highest BCUT2D eigenvalue weighted by Crippen LogP contribution is 2.29. The van der Waals surface area contributed by atoms with Crippen molar-refractivity contribution in [2.24, 2.45) is 0 Å². The normalized spacial score (nSPS) is 10.9. The lowest BCUT2D eigenvalue weighted by molar-refractivity contribution is 0.103. The van der Waals surface area contributed by atoms with Crippen LogP contribution in [0.1, 0.15) is 60.4 Å². The van der Waals surface area contributed by atoms with E-state index >= 15 is 0 Å². The third-order valence-corrected chi connectivity index (χ3v) is 5.18. The van der Waals surface area contributed by atoms with E-state index in [9.17, 15) is 4.79 Å². The summed E-state index contributed by atoms with van der Waals surface area (Å²) in [7, 11) is 0. The zero-order chi connectivity index (χ0) is 16.8. The Bertz CT molecular complexity index is 753. The van der Waals surface area contributed by atoms with Crippen molar-refractivity contribution in [3.8, 4) is 0 Å². The maximum atomic E-state index is 13.3. The largest absolute Gasteiger partial charge is 0.289 e. The number of benzene rings is 2. The molecule has 0 aliphatic carbocycles. The third kappa shape index (κ3) is 2.49. The van der Waals surface area contributed by atoms with Crippen LogP contribution in [0.2, 0.25) is 0 Å². The summed E-state index contributed by atoms with van der Waals surface area (Å²) >= 11 is 0. The molecule has 0 bridgehead atoms. The Morgan fingerprint density at radius 1 is 0.545 bits per heavy atom. The summed E-state index contributed by atoms with van der Waals surface area (Å²) in [5.74, 6) is 0.167. The molecule has 0 unspecified atom stereocenters. The number of hydrogen-bond donors (Lipinski definition) is 0. The number of ketones is 1. The summed E-state index contributed by atoms with van der Waals surface area (Å²) < 4.78 is 0. The van der Waals surface area contributed by atoms with Crippen molar-refractivity contribution in [1.82, 2.24) is 0 Å². The number of hydrogen-bond acceptors (Lipinski definition) is 1. The molecule has 2 aromatic rings. The van der Waals surface area contributed by atoms with Crippen LogP contribution in [0.25, 0.3) is 0 Å². The lowest BCUT2D eigenvalue weighted by atomic mass is 9.84. The van der Waals surface area contributed by atoms with Gasteiger partial charge < -0.3 is 0 Å². The Labute approximate surface area is 134 Å². The molecule has 0 spiro atoms. The molecule has 0 aliphatic heterocycles. The standard InChI is InChI=1S/C21H26O/c1-11-10-14(4)19(18(8)15(11)5)21(22)20-16(6)12(2)9-13(3)17(20)7/h9-10H,1-8H3. The van der Waals surface area contributed by atoms with Crippen LogP contribution in [-0.4, -0.2) is 5.78 Å². The van der Waals surface area contributed by atoms with Gasteiger partial charge in [-0.1, -0.05) is 12.1 Å². The Kier molecular flexibility index (Phi) is 4.28. The van der Waals surface area contributed by atoms with Crippen LogP contribution in [0.3, 0.4) is 0 Å². The average Bonchev–Trinajstić information content (AvgIpc) is 2.43. The second-order valence-corrected chi connectivity index (χ2v) is 6.60. The molecule has 0 fully saturated rings. The molecular formula is C21H26O. The number of carbonyl (C=O) groups is 1. The molecule has 116 valence electrons. The lowest BCUT2D eigenvalue weighted by Crippen LogP contribution is -2.13. The molecule has 0 saturated carbocycles. The average molecular weight is 294 g/mol. The predicted octanol–water partition coefficient (Wildman–Crippen LogP) is 5.38. The quantitative estimate of drug-likeness (QED) is 0.679. The van der Waals surface area contributed by atoms with E-state index in [1.807, 2.05) is 6.92 Å². The molecule has 0 heterocycles. The molecular weight excluding hydrogens is 268 g/mol. The molecule has 2 aromatic carbocycles. The van der Waals surface area contributed by atoms with Gasteiger partial charge in [0.15, 0.2) is 5.78 Å². The summed E-state index contributed by atoms with van der Waals surface area (Å²) in [6.45, 7) is 16.6. The van der Waals surface area contributed by atoms with Crippen molar-refractivity contribution in [3.63, 3.8) is 0 Å². The Morgan fingerprint density at radius 3 is 1.45 bits per heavy atom. The minimum absolute atomic E-state index is 0.167. The van der Waals surface area contributed by atoms with Crippen LogP contribution >= 0.6 is 0 Å². The highest BCUT2D eigenvalue weighted by molar-refractivity contribution is 6.13. The van der Waals surface area contributed by atoms with Gasteiger partial charge in [0.1, 0.15) is 0 Å². The fourth-order valence-corrected chi connectivity index (χ4v) is 3.32. The van der Waals surface area contributed by atoms with Gasteiger partial charge in [0, 0.05) is 11.1 Å². The number of rotatable bonds is 2. The van der Waals surface area contributed by atoms with E-state index in [2.05, 4.69) is 60.6 Å². The first kappa shape index (κ1) is 16.5. The number of aryl methyl sites for hydroxylation is 4. The summed E-state index contributed by atoms with van der Waals surface area (Å²) in [6.07, 6.45) is 0. The van der Waals surface area contributed by atoms with Crippen molar-refractivity contribution in [3.05, 3.63) is 67.8 Å². The van der Waals surface area contributed by atoms with Crippen LogP contribution in [0.15, 0.2) is 12.1 Å². The van der Waals surface area contributed by atoms with Crippen molar-refractivity contribution in [2.75, 3.05) is 0 Å². The summed E-state index contributed by atoms with van der Waals surface area (Å²) in [5.41, 5.74) is 11.0. The van der Waals surface area contributed by atoms with Crippen molar-refractivity contribution in [1.29, 1.82) is 0 Å². The molecule has 0 atom stereocenters. The van der Waals surface area contributed by atoms with E-state index in [1.165, 1.54) is 22.3 Å². The molecule has 2 rings (SSSR count). The van der Waals surface area contributed by atoms with Gasteiger partial charge >= 0.3 is 0 Å². The van der Waals surface area contributed by atoms with Crippen molar-refractivity contribution in [2.45, 2.75) is 55.4 Å². The van der Waals surface area contributed by atoms with E-state index in [-0.39, 0.29) is 5.78 Å². The van der Waals surface area contributed by atoms with Crippen molar-refractivity contribution >= 4 is 5.78 Å². The molecule has 0 aliphatic rings. The Morgan fingerprint density at radius 2 is 0.955 bits per heavy atom. The minimum atomic E-state index is 0.167. The minimum Gasteiger partial charge on any atom is -0.289 e. The topological polar surface area (TPSA) is 17.1 Å². The molecule has 0 saturated heterocycles. The maximum absolute atomic E-state index is 13.3. The van der Waals surface area contributed by atoms with E-state index in [0.717, 1.165) is 33.4 Å². The maximum Gasteiger partial charge on any atom is 0.194 e. The lowest BCUT2D eigenvalue weighted by Gasteiger charge is -2.18. The van der Waals surface area contributed by atoms with Crippen LogP contribution in [-0.2, 0) is 0 Å². The zero-order valence-electron chi connectivity index (χ0n) is 15.1. The second kappa shape index (κ2) is 5.72. The first-order valence-corrected chi connectivity index (χ1v) is 7.86. The predicted molar refractivity (Wildman–Crippen MR) is 94.2 cm³/mol. The molecule has 0 aromatic heterocycles. The zero-order valence-corrected chi connectivity index (χ0v) is 15.1. The Hall–Kier alpha value is -1.89. The van der Waals surface area contributed by atoms with Gasteiger partial charge in [-0.25, -0.2) is 0 Å². The van der Waals surface area contributed by atoms with E-state index < -0.39 is 0 Å². The van der Waals surface area contributed by atoms with Gasteiger partial charge in [-0.3, -0.25) is 4.79 Å². The van der Waals surface area contributed by atoms with Gasteiger partial charge in [0.25, 0.3) is 0 Å². The number of carbonyl (C=O) groups excluding carboxylic acids is 1. The van der Waals surface area contributed by atoms with Gasteiger partial charge in [-0.05, 0) is 99.9 Å². The molecule has 0 radical (unpaired) electrons. The van der Waals surface area contributed by atoms with Gasteiger partial charge in [0.05, 0.1) is 0 Å². The van der Waals surface area contributed by atoms with Crippen LogP contribution in [0.5, 0.6) is 0 Å². The monoisotopic (exact) mass is 294 g/mol. The highest BCUT2D eigenvalue weighted by Gasteiger charge is 2.21. The van der Waals surface area contributed by atoms with Crippen molar-refractivity contribution < 1.29 is 4.79 Å². The van der Waals surface area contributed by atoms with Crippen LogP contribution in [0, 0.1) is 55.4 Å². The van der Waals surface area contributed by atoms with Gasteiger partial charge in [-0.15, -0.1) is 0 Å². The summed E-state index contributed by atoms with van der Waals surface area (Å²) in [6, 6.07) is 4.30. The molecule has 0 amide bonds. The fourth-order valence-electron chi connectivity index (χ4n) is 3.32. The molecule has 0 N–H and O–H groups in total. The van der Waals surface area contributed by atoms with E-state index in [0.29, 0.717) is 0 Å². The molecule has 1 nitrogen and oxygen atoms in total. The smallest absolute Gasteiger partial charge is 0.194 e. The summed E-state index contributed by atoms with van der Waals surface area (Å²) in [4.78, 5) is 13.3. The van der Waals surface area contributed by atoms with Gasteiger partial charge in [-0.2, -0.15) is 0 Å². The molecule has 22 heavy (non-hydrogen) atoms. The van der Waals surface area contributed by atoms with Crippen LogP contribution in [0.4, 0.5) is 0 Å². The first-order valence-electron chi connectivity index (χ1n) is 7.86. The third-order valence-electron chi connectivity index (χ3n) is 5.18. The Balaban J connectivity index is 2.78. The fraction of sp³-hybridized carbons (Fsp3) is 0.381. The first-order chi connectivity index (χ1) is 10.2. The summed E-state index contributed by atoms with van der Waals surface area (Å²) in [5, 5.41) is 0. The molecule has 1 heteroatoms. The van der Waals surface area contributed by atoms with Crippen LogP contribution < -0.4 is 0 Å².